The van der Waals surface area contributed by atoms with Crippen LogP contribution in [-0.4, -0.2) is 63.1 Å². The first-order chi connectivity index (χ1) is 14.3. The number of thioether (sulfide) groups is 1. The molecule has 0 spiro atoms. The summed E-state index contributed by atoms with van der Waals surface area (Å²) < 4.78 is 40.1. The van der Waals surface area contributed by atoms with Crippen LogP contribution in [-0.2, 0) is 9.47 Å². The molecule has 1 aromatic rings. The number of cyclic esters (lactones) is 1. The zero-order valence-electron chi connectivity index (χ0n) is 17.5. The molecule has 170 valence electrons. The van der Waals surface area contributed by atoms with Gasteiger partial charge in [-0.2, -0.15) is 0 Å². The largest absolute Gasteiger partial charge is 0.444 e. The first-order valence-electron chi connectivity index (χ1n) is 9.83. The lowest BCUT2D eigenvalue weighted by molar-refractivity contribution is -0.0808. The number of likely N-dealkylation sites (N-methyl/N-ethyl adjacent to an activating group) is 1. The fourth-order valence-electron chi connectivity index (χ4n) is 4.05. The van der Waals surface area contributed by atoms with Gasteiger partial charge in [0.05, 0.1) is 12.2 Å². The second kappa shape index (κ2) is 7.21. The van der Waals surface area contributed by atoms with E-state index in [2.05, 4.69) is 0 Å². The van der Waals surface area contributed by atoms with Gasteiger partial charge in [0.1, 0.15) is 17.2 Å². The Balaban J connectivity index is 1.48. The summed E-state index contributed by atoms with van der Waals surface area (Å²) >= 11 is 0.901. The fraction of sp³-hybridized carbons (Fsp3) is 0.600. The van der Waals surface area contributed by atoms with Gasteiger partial charge in [-0.15, -0.1) is 0 Å². The Hall–Kier alpha value is -2.11. The Morgan fingerprint density at radius 2 is 1.94 bits per heavy atom. The van der Waals surface area contributed by atoms with E-state index < -0.39 is 46.7 Å². The average Bonchev–Trinajstić information content (AvgIpc) is 2.97. The molecule has 4 atom stereocenters. The topological polar surface area (TPSA) is 99.5 Å². The highest BCUT2D eigenvalue weighted by atomic mass is 32.2. The molecule has 3 aliphatic rings. The number of hydrogen-bond donors (Lipinski definition) is 2. The summed E-state index contributed by atoms with van der Waals surface area (Å²) in [5.41, 5.74) is -0.876. The molecule has 11 heteroatoms. The van der Waals surface area contributed by atoms with Gasteiger partial charge in [0.25, 0.3) is 0 Å². The Kier molecular flexibility index (Phi) is 5.14. The molecule has 0 aromatic heterocycles. The van der Waals surface area contributed by atoms with Gasteiger partial charge in [0.2, 0.25) is 5.12 Å². The van der Waals surface area contributed by atoms with Crippen LogP contribution in [0.25, 0.3) is 0 Å². The highest BCUT2D eigenvalue weighted by Gasteiger charge is 2.63. The standard InChI is InChI=1S/C20H24F2N2O6S/c1-19(2,3)30-17(25)23(4)13-8-24(18(26)29-13)9-5-11(21)15(12(22)6-9)14-10-7-20(27,28)31-16(10)14/h5-6,10,13-14,16,27-28H,7-8H2,1-4H3/t10-,13-,14?,16+/m0/s1. The lowest BCUT2D eigenvalue weighted by Crippen LogP contribution is -2.42. The number of ether oxygens (including phenoxy) is 2. The maximum atomic E-state index is 14.8. The van der Waals surface area contributed by atoms with Gasteiger partial charge < -0.3 is 19.7 Å². The fourth-order valence-corrected chi connectivity index (χ4v) is 5.61. The van der Waals surface area contributed by atoms with E-state index in [0.29, 0.717) is 0 Å². The Bertz CT molecular complexity index is 900. The second-order valence-electron chi connectivity index (χ2n) is 9.08. The number of fused-ring (bicyclic) bond motifs is 1. The molecule has 2 saturated heterocycles. The number of carbonyl (C=O) groups excluding carboxylic acids is 2. The summed E-state index contributed by atoms with van der Waals surface area (Å²) in [6, 6.07) is 2.11. The maximum Gasteiger partial charge on any atom is 0.416 e. The summed E-state index contributed by atoms with van der Waals surface area (Å²) in [6.07, 6.45) is -2.46. The number of amides is 2. The molecular formula is C20H24F2N2O6S. The number of hydrogen-bond acceptors (Lipinski definition) is 7. The molecule has 0 bridgehead atoms. The van der Waals surface area contributed by atoms with Crippen LogP contribution in [0.1, 0.15) is 38.7 Å². The van der Waals surface area contributed by atoms with Gasteiger partial charge in [0, 0.05) is 30.2 Å². The number of rotatable bonds is 3. The molecule has 1 saturated carbocycles. The lowest BCUT2D eigenvalue weighted by Gasteiger charge is -2.27. The van der Waals surface area contributed by atoms with E-state index in [1.54, 1.807) is 20.8 Å². The van der Waals surface area contributed by atoms with Crippen molar-refractivity contribution >= 4 is 29.6 Å². The van der Waals surface area contributed by atoms with Crippen LogP contribution < -0.4 is 4.90 Å². The molecule has 31 heavy (non-hydrogen) atoms. The minimum absolute atomic E-state index is 0.0269. The van der Waals surface area contributed by atoms with E-state index in [1.807, 2.05) is 0 Å². The highest BCUT2D eigenvalue weighted by Crippen LogP contribution is 2.67. The minimum Gasteiger partial charge on any atom is -0.444 e. The van der Waals surface area contributed by atoms with E-state index in [-0.39, 0.29) is 35.4 Å². The summed E-state index contributed by atoms with van der Waals surface area (Å²) in [5.74, 6) is -2.28. The number of anilines is 1. The normalized spacial score (nSPS) is 28.9. The van der Waals surface area contributed by atoms with Crippen LogP contribution in [0.3, 0.4) is 0 Å². The first kappa shape index (κ1) is 22.1. The predicted octanol–water partition coefficient (Wildman–Crippen LogP) is 2.97. The van der Waals surface area contributed by atoms with Crippen molar-refractivity contribution in [1.82, 2.24) is 4.90 Å². The number of carbonyl (C=O) groups is 2. The first-order valence-corrected chi connectivity index (χ1v) is 10.7. The van der Waals surface area contributed by atoms with Crippen LogP contribution in [0.5, 0.6) is 0 Å². The minimum atomic E-state index is -1.85. The van der Waals surface area contributed by atoms with E-state index in [0.717, 1.165) is 33.7 Å². The third kappa shape index (κ3) is 4.18. The Morgan fingerprint density at radius 3 is 2.45 bits per heavy atom. The van der Waals surface area contributed by atoms with Crippen LogP contribution in [0.4, 0.5) is 24.1 Å². The van der Waals surface area contributed by atoms with E-state index in [1.165, 1.54) is 7.05 Å². The molecule has 3 fully saturated rings. The van der Waals surface area contributed by atoms with Crippen molar-refractivity contribution in [1.29, 1.82) is 0 Å². The summed E-state index contributed by atoms with van der Waals surface area (Å²) in [6.45, 7) is 4.99. The third-order valence-corrected chi connectivity index (χ3v) is 7.00. The van der Waals surface area contributed by atoms with Gasteiger partial charge in [-0.3, -0.25) is 9.80 Å². The van der Waals surface area contributed by atoms with Gasteiger partial charge in [0.15, 0.2) is 6.23 Å². The summed E-state index contributed by atoms with van der Waals surface area (Å²) in [4.78, 5) is 26.7. The number of halogens is 2. The molecule has 8 nitrogen and oxygen atoms in total. The molecular weight excluding hydrogens is 434 g/mol. The van der Waals surface area contributed by atoms with Crippen molar-refractivity contribution in [3.63, 3.8) is 0 Å². The monoisotopic (exact) mass is 458 g/mol. The van der Waals surface area contributed by atoms with Crippen LogP contribution >= 0.6 is 11.8 Å². The third-order valence-electron chi connectivity index (χ3n) is 5.54. The Labute approximate surface area is 182 Å². The van der Waals surface area contributed by atoms with Crippen molar-refractivity contribution in [3.05, 3.63) is 29.3 Å². The Morgan fingerprint density at radius 1 is 1.32 bits per heavy atom. The number of nitrogens with zero attached hydrogens (tertiary/aromatic N) is 2. The summed E-state index contributed by atoms with van der Waals surface area (Å²) in [7, 11) is 1.41. The van der Waals surface area contributed by atoms with Crippen molar-refractivity contribution in [3.8, 4) is 0 Å². The quantitative estimate of drug-likeness (QED) is 0.672. The van der Waals surface area contributed by atoms with E-state index in [9.17, 15) is 28.6 Å². The molecule has 2 amide bonds. The second-order valence-corrected chi connectivity index (χ2v) is 10.5. The van der Waals surface area contributed by atoms with Gasteiger partial charge in [-0.05, 0) is 38.8 Å². The molecule has 2 N–H and O–H groups in total. The molecule has 2 heterocycles. The molecule has 1 aromatic carbocycles. The molecule has 1 unspecified atom stereocenters. The van der Waals surface area contributed by atoms with E-state index in [4.69, 9.17) is 9.47 Å². The van der Waals surface area contributed by atoms with E-state index >= 15 is 0 Å². The molecule has 4 rings (SSSR count). The van der Waals surface area contributed by atoms with Gasteiger partial charge in [-0.1, -0.05) is 11.8 Å². The maximum absolute atomic E-state index is 14.8. The predicted molar refractivity (Wildman–Crippen MR) is 107 cm³/mol. The number of aliphatic hydroxyl groups is 2. The van der Waals surface area contributed by atoms with Gasteiger partial charge in [-0.25, -0.2) is 18.4 Å². The van der Waals surface area contributed by atoms with Crippen LogP contribution in [0.15, 0.2) is 12.1 Å². The smallest absolute Gasteiger partial charge is 0.416 e. The van der Waals surface area contributed by atoms with Crippen molar-refractivity contribution in [2.24, 2.45) is 5.92 Å². The van der Waals surface area contributed by atoms with Crippen molar-refractivity contribution < 1.29 is 38.1 Å². The lowest BCUT2D eigenvalue weighted by atomic mass is 10.0. The van der Waals surface area contributed by atoms with Crippen LogP contribution in [0.2, 0.25) is 0 Å². The molecule has 1 aliphatic carbocycles. The number of benzene rings is 1. The molecule has 0 radical (unpaired) electrons. The zero-order valence-corrected chi connectivity index (χ0v) is 18.3. The molecule has 2 aliphatic heterocycles. The highest BCUT2D eigenvalue weighted by molar-refractivity contribution is 8.01. The van der Waals surface area contributed by atoms with Crippen molar-refractivity contribution in [2.75, 3.05) is 18.5 Å². The average molecular weight is 458 g/mol. The van der Waals surface area contributed by atoms with Crippen LogP contribution in [0, 0.1) is 17.6 Å². The van der Waals surface area contributed by atoms with Gasteiger partial charge >= 0.3 is 12.2 Å². The van der Waals surface area contributed by atoms with Crippen molar-refractivity contribution in [2.45, 2.75) is 55.3 Å². The SMILES string of the molecule is CN(C(=O)OC(C)(C)C)[C@@H]1CN(c2cc(F)c(C3[C@@H]4CC(O)(O)S[C@@H]34)c(F)c2)C(=O)O1. The zero-order chi connectivity index (χ0) is 22.9. The summed E-state index contributed by atoms with van der Waals surface area (Å²) in [5, 5.41) is 17.1.